The topological polar surface area (TPSA) is 54.3 Å². The molecule has 0 spiro atoms. The quantitative estimate of drug-likeness (QED) is 0.857. The number of nitrogens with zero attached hydrogens (tertiary/aromatic N) is 5. The van der Waals surface area contributed by atoms with Gasteiger partial charge in [-0.05, 0) is 32.8 Å². The summed E-state index contributed by atoms with van der Waals surface area (Å²) in [5.41, 5.74) is 2.84. The number of carbonyl (C=O) groups is 1. The number of rotatable bonds is 3. The maximum atomic E-state index is 12.9. The Hall–Kier alpha value is -1.89. The molecule has 6 nitrogen and oxygen atoms in total. The molecular weight excluding hydrogens is 322 g/mol. The van der Waals surface area contributed by atoms with Crippen LogP contribution in [0.5, 0.6) is 0 Å². The first-order valence-corrected chi connectivity index (χ1v) is 9.43. The maximum absolute atomic E-state index is 12.9. The fourth-order valence-corrected chi connectivity index (χ4v) is 4.26. The third kappa shape index (κ3) is 2.81. The Morgan fingerprint density at radius 3 is 2.75 bits per heavy atom. The van der Waals surface area contributed by atoms with Crippen LogP contribution in [0.25, 0.3) is 0 Å². The summed E-state index contributed by atoms with van der Waals surface area (Å²) in [6, 6.07) is 2.26. The molecule has 1 aliphatic carbocycles. The Labute approximate surface area is 146 Å². The van der Waals surface area contributed by atoms with E-state index in [1.165, 1.54) is 12.8 Å². The van der Waals surface area contributed by atoms with Gasteiger partial charge in [0, 0.05) is 44.0 Å². The Balaban J connectivity index is 1.47. The third-order valence-electron chi connectivity index (χ3n) is 4.88. The molecule has 24 heavy (non-hydrogen) atoms. The van der Waals surface area contributed by atoms with Crippen LogP contribution in [0, 0.1) is 6.92 Å². The van der Waals surface area contributed by atoms with Crippen LogP contribution in [-0.4, -0.2) is 51.2 Å². The normalized spacial score (nSPS) is 21.4. The highest BCUT2D eigenvalue weighted by Crippen LogP contribution is 2.39. The van der Waals surface area contributed by atoms with Crippen molar-refractivity contribution in [1.82, 2.24) is 19.7 Å². The monoisotopic (exact) mass is 345 g/mol. The van der Waals surface area contributed by atoms with E-state index in [9.17, 15) is 4.79 Å². The van der Waals surface area contributed by atoms with Gasteiger partial charge in [0.25, 0.3) is 5.91 Å². The van der Waals surface area contributed by atoms with Crippen LogP contribution in [0.15, 0.2) is 11.4 Å². The van der Waals surface area contributed by atoms with E-state index in [0.29, 0.717) is 11.6 Å². The van der Waals surface area contributed by atoms with E-state index in [2.05, 4.69) is 27.3 Å². The first-order chi connectivity index (χ1) is 11.5. The minimum atomic E-state index is 0.0960. The number of thiazole rings is 1. The van der Waals surface area contributed by atoms with Crippen LogP contribution in [0.3, 0.4) is 0 Å². The van der Waals surface area contributed by atoms with Gasteiger partial charge in [0.15, 0.2) is 5.13 Å². The van der Waals surface area contributed by atoms with Crippen molar-refractivity contribution >= 4 is 22.4 Å². The summed E-state index contributed by atoms with van der Waals surface area (Å²) in [6.07, 6.45) is 2.40. The number of anilines is 1. The van der Waals surface area contributed by atoms with Crippen molar-refractivity contribution in [3.05, 3.63) is 28.5 Å². The number of carbonyl (C=O) groups excluding carboxylic acids is 1. The second-order valence-corrected chi connectivity index (χ2v) is 7.75. The summed E-state index contributed by atoms with van der Waals surface area (Å²) < 4.78 is 1.75. The molecule has 2 fully saturated rings. The minimum Gasteiger partial charge on any atom is -0.342 e. The molecule has 1 saturated heterocycles. The second kappa shape index (κ2) is 5.88. The van der Waals surface area contributed by atoms with Gasteiger partial charge in [-0.25, -0.2) is 4.98 Å². The van der Waals surface area contributed by atoms with Gasteiger partial charge in [-0.2, -0.15) is 5.10 Å². The van der Waals surface area contributed by atoms with Gasteiger partial charge in [0.05, 0.1) is 11.4 Å². The highest BCUT2D eigenvalue weighted by atomic mass is 32.1. The Bertz CT molecular complexity index is 763. The molecule has 128 valence electrons. The highest BCUT2D eigenvalue weighted by Gasteiger charge is 2.32. The molecule has 7 heteroatoms. The fraction of sp³-hybridized carbons (Fsp3) is 0.588. The first-order valence-electron chi connectivity index (χ1n) is 8.55. The van der Waals surface area contributed by atoms with Crippen LogP contribution >= 0.6 is 11.3 Å². The zero-order chi connectivity index (χ0) is 16.8. The molecule has 1 amide bonds. The predicted molar refractivity (Wildman–Crippen MR) is 94.7 cm³/mol. The second-order valence-electron chi connectivity index (χ2n) is 6.92. The van der Waals surface area contributed by atoms with E-state index >= 15 is 0 Å². The lowest BCUT2D eigenvalue weighted by Gasteiger charge is -2.39. The van der Waals surface area contributed by atoms with Crippen molar-refractivity contribution in [2.75, 3.05) is 24.5 Å². The van der Waals surface area contributed by atoms with E-state index in [1.54, 1.807) is 16.0 Å². The van der Waals surface area contributed by atoms with E-state index < -0.39 is 0 Å². The standard InChI is InChI=1S/C17H23N5OS/c1-11-10-24-17(18-11)22-7-6-21(9-12(22)2)16(23)15-8-14(13-4-5-13)19-20(15)3/h8,10,12-13H,4-7,9H2,1-3H3. The summed E-state index contributed by atoms with van der Waals surface area (Å²) in [4.78, 5) is 21.7. The molecule has 0 N–H and O–H groups in total. The SMILES string of the molecule is Cc1csc(N2CCN(C(=O)c3cc(C4CC4)nn3C)CC2C)n1. The molecule has 4 rings (SSSR count). The Morgan fingerprint density at radius 2 is 2.12 bits per heavy atom. The molecule has 0 radical (unpaired) electrons. The van der Waals surface area contributed by atoms with Gasteiger partial charge in [-0.1, -0.05) is 0 Å². The summed E-state index contributed by atoms with van der Waals surface area (Å²) in [6.45, 7) is 6.46. The van der Waals surface area contributed by atoms with Crippen LogP contribution in [-0.2, 0) is 7.05 Å². The lowest BCUT2D eigenvalue weighted by atomic mass is 10.2. The van der Waals surface area contributed by atoms with Crippen molar-refractivity contribution in [2.45, 2.75) is 38.6 Å². The lowest BCUT2D eigenvalue weighted by molar-refractivity contribution is 0.0715. The molecule has 2 aromatic heterocycles. The van der Waals surface area contributed by atoms with Crippen molar-refractivity contribution < 1.29 is 4.79 Å². The van der Waals surface area contributed by atoms with Crippen LogP contribution in [0.1, 0.15) is 47.6 Å². The third-order valence-corrected chi connectivity index (χ3v) is 5.88. The zero-order valence-electron chi connectivity index (χ0n) is 14.4. The average molecular weight is 345 g/mol. The zero-order valence-corrected chi connectivity index (χ0v) is 15.2. The number of amides is 1. The van der Waals surface area contributed by atoms with Crippen molar-refractivity contribution in [2.24, 2.45) is 7.05 Å². The van der Waals surface area contributed by atoms with E-state index in [-0.39, 0.29) is 11.9 Å². The average Bonchev–Trinajstić information content (AvgIpc) is 3.21. The van der Waals surface area contributed by atoms with E-state index in [0.717, 1.165) is 36.2 Å². The summed E-state index contributed by atoms with van der Waals surface area (Å²) in [5.74, 6) is 0.667. The Kier molecular flexibility index (Phi) is 3.83. The number of hydrogen-bond acceptors (Lipinski definition) is 5. The lowest BCUT2D eigenvalue weighted by Crippen LogP contribution is -2.54. The molecule has 2 aromatic rings. The number of hydrogen-bond donors (Lipinski definition) is 0. The molecule has 0 aromatic carbocycles. The van der Waals surface area contributed by atoms with Gasteiger partial charge in [0.2, 0.25) is 0 Å². The van der Waals surface area contributed by atoms with Gasteiger partial charge in [-0.15, -0.1) is 11.3 Å². The molecule has 1 saturated carbocycles. The summed E-state index contributed by atoms with van der Waals surface area (Å²) in [5, 5.41) is 7.66. The van der Waals surface area contributed by atoms with Crippen molar-refractivity contribution in [1.29, 1.82) is 0 Å². The van der Waals surface area contributed by atoms with Crippen LogP contribution in [0.2, 0.25) is 0 Å². The maximum Gasteiger partial charge on any atom is 0.272 e. The predicted octanol–water partition coefficient (Wildman–Crippen LogP) is 2.41. The largest absolute Gasteiger partial charge is 0.342 e. The molecule has 0 bridgehead atoms. The van der Waals surface area contributed by atoms with Crippen LogP contribution in [0.4, 0.5) is 5.13 Å². The number of aromatic nitrogens is 3. The smallest absolute Gasteiger partial charge is 0.272 e. The molecule has 3 heterocycles. The van der Waals surface area contributed by atoms with Gasteiger partial charge < -0.3 is 9.80 Å². The number of aryl methyl sites for hydroxylation is 2. The van der Waals surface area contributed by atoms with Gasteiger partial charge in [-0.3, -0.25) is 9.48 Å². The molecule has 1 aliphatic heterocycles. The van der Waals surface area contributed by atoms with Gasteiger partial charge >= 0.3 is 0 Å². The molecule has 1 unspecified atom stereocenters. The van der Waals surface area contributed by atoms with Gasteiger partial charge in [0.1, 0.15) is 5.69 Å². The molecular formula is C17H23N5OS. The van der Waals surface area contributed by atoms with E-state index in [4.69, 9.17) is 0 Å². The molecule has 1 atom stereocenters. The summed E-state index contributed by atoms with van der Waals surface area (Å²) >= 11 is 1.68. The highest BCUT2D eigenvalue weighted by molar-refractivity contribution is 7.13. The van der Waals surface area contributed by atoms with Crippen molar-refractivity contribution in [3.63, 3.8) is 0 Å². The van der Waals surface area contributed by atoms with E-state index in [1.807, 2.05) is 24.9 Å². The van der Waals surface area contributed by atoms with Crippen molar-refractivity contribution in [3.8, 4) is 0 Å². The fourth-order valence-electron chi connectivity index (χ4n) is 3.33. The first kappa shape index (κ1) is 15.6. The Morgan fingerprint density at radius 1 is 1.33 bits per heavy atom. The number of piperazine rings is 1. The minimum absolute atomic E-state index is 0.0960. The molecule has 2 aliphatic rings. The van der Waals surface area contributed by atoms with Crippen LogP contribution < -0.4 is 4.90 Å². The summed E-state index contributed by atoms with van der Waals surface area (Å²) in [7, 11) is 1.87.